The molecule has 2 unspecified atom stereocenters. The lowest BCUT2D eigenvalue weighted by Crippen LogP contribution is -2.37. The second-order valence-corrected chi connectivity index (χ2v) is 10.4. The Labute approximate surface area is 224 Å². The van der Waals surface area contributed by atoms with Gasteiger partial charge in [-0.15, -0.1) is 0 Å². The molecule has 1 aliphatic rings. The molecule has 0 spiro atoms. The monoisotopic (exact) mass is 518 g/mol. The molecule has 0 radical (unpaired) electrons. The number of carbonyl (C=O) groups excluding carboxylic acids is 2. The molecule has 0 bridgehead atoms. The number of aromatic nitrogens is 1. The third-order valence-corrected chi connectivity index (χ3v) is 6.95. The van der Waals surface area contributed by atoms with Gasteiger partial charge in [0.15, 0.2) is 0 Å². The average molecular weight is 519 g/mol. The highest BCUT2D eigenvalue weighted by molar-refractivity contribution is 6.11. The van der Waals surface area contributed by atoms with Crippen molar-refractivity contribution in [1.82, 2.24) is 4.98 Å². The quantitative estimate of drug-likeness (QED) is 0.167. The van der Waals surface area contributed by atoms with Gasteiger partial charge in [-0.2, -0.15) is 0 Å². The molecule has 1 aliphatic heterocycles. The Morgan fingerprint density at radius 2 is 1.57 bits per heavy atom. The zero-order valence-electron chi connectivity index (χ0n) is 23.3. The summed E-state index contributed by atoms with van der Waals surface area (Å²) in [6.45, 7) is 5.81. The van der Waals surface area contributed by atoms with Gasteiger partial charge >= 0.3 is 6.09 Å². The minimum absolute atomic E-state index is 0.123. The van der Waals surface area contributed by atoms with Crippen LogP contribution in [0.25, 0.3) is 0 Å². The molecule has 7 heteroatoms. The highest BCUT2D eigenvalue weighted by atomic mass is 16.6. The summed E-state index contributed by atoms with van der Waals surface area (Å²) in [6, 6.07) is 3.31. The van der Waals surface area contributed by atoms with Crippen molar-refractivity contribution in [1.29, 1.82) is 0 Å². The maximum Gasteiger partial charge on any atom is 0.421 e. The predicted octanol–water partition coefficient (Wildman–Crippen LogP) is 7.47. The van der Waals surface area contributed by atoms with Gasteiger partial charge in [0.2, 0.25) is 5.91 Å². The van der Waals surface area contributed by atoms with Gasteiger partial charge in [-0.25, -0.2) is 9.69 Å². The van der Waals surface area contributed by atoms with Crippen LogP contribution in [0.4, 0.5) is 10.5 Å². The molecule has 2 rings (SSSR count). The topological polar surface area (TPSA) is 78.0 Å². The summed E-state index contributed by atoms with van der Waals surface area (Å²) in [4.78, 5) is 29.3. The fourth-order valence-electron chi connectivity index (χ4n) is 4.79. The average Bonchev–Trinajstić information content (AvgIpc) is 3.35. The van der Waals surface area contributed by atoms with Crippen molar-refractivity contribution in [2.75, 3.05) is 31.3 Å². The molecular weight excluding hydrogens is 468 g/mol. The van der Waals surface area contributed by atoms with Gasteiger partial charge < -0.3 is 14.2 Å². The number of anilines is 1. The first-order valence-corrected chi connectivity index (χ1v) is 14.7. The summed E-state index contributed by atoms with van der Waals surface area (Å²) >= 11 is 0. The van der Waals surface area contributed by atoms with Crippen LogP contribution in [0.3, 0.4) is 0 Å². The molecule has 2 atom stereocenters. The third-order valence-electron chi connectivity index (χ3n) is 6.95. The summed E-state index contributed by atoms with van der Waals surface area (Å²) in [5, 5.41) is 0. The lowest BCUT2D eigenvalue weighted by atomic mass is 10.0. The first-order chi connectivity index (χ1) is 18.1. The fourth-order valence-corrected chi connectivity index (χ4v) is 4.79. The van der Waals surface area contributed by atoms with Gasteiger partial charge in [0.1, 0.15) is 6.61 Å². The zero-order chi connectivity index (χ0) is 26.6. The van der Waals surface area contributed by atoms with Crippen molar-refractivity contribution >= 4 is 17.7 Å². The summed E-state index contributed by atoms with van der Waals surface area (Å²) < 4.78 is 17.0. The zero-order valence-corrected chi connectivity index (χ0v) is 23.3. The SMILES string of the molecule is CCCCCCCCCCCCCCCCOCC1COC(COC(=O)N(C(C)=O)c2cccnc2)C1. The second kappa shape index (κ2) is 20.0. The Morgan fingerprint density at radius 3 is 2.14 bits per heavy atom. The first kappa shape index (κ1) is 31.2. The van der Waals surface area contributed by atoms with E-state index in [2.05, 4.69) is 11.9 Å². The minimum Gasteiger partial charge on any atom is -0.446 e. The molecular formula is C30H50N2O5. The van der Waals surface area contributed by atoms with Crippen molar-refractivity contribution in [3.05, 3.63) is 24.5 Å². The molecule has 1 fully saturated rings. The van der Waals surface area contributed by atoms with E-state index in [1.807, 2.05) is 0 Å². The second-order valence-electron chi connectivity index (χ2n) is 10.4. The van der Waals surface area contributed by atoms with E-state index in [1.54, 1.807) is 18.3 Å². The van der Waals surface area contributed by atoms with E-state index in [-0.39, 0.29) is 12.7 Å². The number of rotatable bonds is 20. The predicted molar refractivity (Wildman–Crippen MR) is 148 cm³/mol. The lowest BCUT2D eigenvalue weighted by Gasteiger charge is -2.19. The maximum absolute atomic E-state index is 12.4. The van der Waals surface area contributed by atoms with E-state index < -0.39 is 12.0 Å². The fraction of sp³-hybridized carbons (Fsp3) is 0.767. The normalized spacial score (nSPS) is 17.1. The van der Waals surface area contributed by atoms with Gasteiger partial charge in [-0.3, -0.25) is 9.78 Å². The molecule has 1 saturated heterocycles. The largest absolute Gasteiger partial charge is 0.446 e. The number of carbonyl (C=O) groups is 2. The Balaban J connectivity index is 1.41. The molecule has 7 nitrogen and oxygen atoms in total. The van der Waals surface area contributed by atoms with Crippen molar-refractivity contribution in [2.24, 2.45) is 5.92 Å². The summed E-state index contributed by atoms with van der Waals surface area (Å²) in [6.07, 6.45) is 22.0. The number of imide groups is 1. The van der Waals surface area contributed by atoms with E-state index in [0.29, 0.717) is 24.8 Å². The Bertz CT molecular complexity index is 730. The van der Waals surface area contributed by atoms with Crippen LogP contribution in [0.1, 0.15) is 110 Å². The van der Waals surface area contributed by atoms with Gasteiger partial charge in [0.05, 0.1) is 31.2 Å². The number of hydrogen-bond donors (Lipinski definition) is 0. The van der Waals surface area contributed by atoms with Crippen LogP contribution in [-0.4, -0.2) is 49.5 Å². The van der Waals surface area contributed by atoms with Crippen LogP contribution in [0.15, 0.2) is 24.5 Å². The summed E-state index contributed by atoms with van der Waals surface area (Å²) in [5.74, 6) is -0.0994. The van der Waals surface area contributed by atoms with Crippen LogP contribution >= 0.6 is 0 Å². The van der Waals surface area contributed by atoms with Gasteiger partial charge in [0, 0.05) is 25.6 Å². The Kier molecular flexibility index (Phi) is 16.9. The number of hydrogen-bond acceptors (Lipinski definition) is 6. The van der Waals surface area contributed by atoms with Crippen LogP contribution < -0.4 is 4.90 Å². The highest BCUT2D eigenvalue weighted by Crippen LogP contribution is 2.21. The third kappa shape index (κ3) is 13.9. The van der Waals surface area contributed by atoms with Crippen LogP contribution in [-0.2, 0) is 19.0 Å². The minimum atomic E-state index is -0.707. The number of pyridine rings is 1. The van der Waals surface area contributed by atoms with Gasteiger partial charge in [0.25, 0.3) is 0 Å². The number of ether oxygens (including phenoxy) is 3. The molecule has 37 heavy (non-hydrogen) atoms. The standard InChI is InChI=1S/C30H50N2O5/c1-3-4-5-6-7-8-9-10-11-12-13-14-15-16-20-35-23-27-21-29(36-24-27)25-37-30(34)32(26(2)33)28-18-17-19-31-22-28/h17-19,22,27,29H,3-16,20-21,23-25H2,1-2H3. The molecule has 0 N–H and O–H groups in total. The summed E-state index contributed by atoms with van der Waals surface area (Å²) in [5.41, 5.74) is 0.391. The maximum atomic E-state index is 12.4. The first-order valence-electron chi connectivity index (χ1n) is 14.7. The van der Waals surface area contributed by atoms with E-state index in [4.69, 9.17) is 14.2 Å². The number of nitrogens with zero attached hydrogens (tertiary/aromatic N) is 2. The van der Waals surface area contributed by atoms with Gasteiger partial charge in [-0.1, -0.05) is 90.4 Å². The van der Waals surface area contributed by atoms with E-state index in [0.717, 1.165) is 24.3 Å². The van der Waals surface area contributed by atoms with Crippen molar-refractivity contribution in [2.45, 2.75) is 116 Å². The Hall–Kier alpha value is -1.99. The Morgan fingerprint density at radius 1 is 0.946 bits per heavy atom. The van der Waals surface area contributed by atoms with Crippen molar-refractivity contribution in [3.8, 4) is 0 Å². The lowest BCUT2D eigenvalue weighted by molar-refractivity contribution is -0.116. The molecule has 0 saturated carbocycles. The molecule has 2 heterocycles. The number of amides is 2. The van der Waals surface area contributed by atoms with E-state index >= 15 is 0 Å². The van der Waals surface area contributed by atoms with Crippen molar-refractivity contribution in [3.63, 3.8) is 0 Å². The van der Waals surface area contributed by atoms with Crippen molar-refractivity contribution < 1.29 is 23.8 Å². The van der Waals surface area contributed by atoms with E-state index in [1.165, 1.54) is 96.6 Å². The van der Waals surface area contributed by atoms with Crippen LogP contribution in [0, 0.1) is 5.92 Å². The molecule has 210 valence electrons. The highest BCUT2D eigenvalue weighted by Gasteiger charge is 2.29. The molecule has 1 aromatic heterocycles. The summed E-state index contributed by atoms with van der Waals surface area (Å²) in [7, 11) is 0. The van der Waals surface area contributed by atoms with Gasteiger partial charge in [-0.05, 0) is 25.0 Å². The van der Waals surface area contributed by atoms with E-state index in [9.17, 15) is 9.59 Å². The molecule has 1 aromatic rings. The smallest absolute Gasteiger partial charge is 0.421 e. The number of unbranched alkanes of at least 4 members (excludes halogenated alkanes) is 13. The van der Waals surface area contributed by atoms with Crippen LogP contribution in [0.2, 0.25) is 0 Å². The molecule has 0 aliphatic carbocycles. The molecule has 0 aromatic carbocycles. The molecule has 2 amide bonds. The van der Waals surface area contributed by atoms with Crippen LogP contribution in [0.5, 0.6) is 0 Å².